The summed E-state index contributed by atoms with van der Waals surface area (Å²) in [6.07, 6.45) is 3.98. The molecule has 1 fully saturated rings. The van der Waals surface area contributed by atoms with Crippen LogP contribution in [0.2, 0.25) is 0 Å². The van der Waals surface area contributed by atoms with E-state index in [1.807, 2.05) is 24.3 Å². The lowest BCUT2D eigenvalue weighted by molar-refractivity contribution is 0.318. The number of hydrogen-bond donors (Lipinski definition) is 0. The quantitative estimate of drug-likeness (QED) is 0.836. The normalized spacial score (nSPS) is 16.6. The zero-order valence-electron chi connectivity index (χ0n) is 13.5. The molecule has 0 amide bonds. The van der Waals surface area contributed by atoms with Gasteiger partial charge < -0.3 is 4.74 Å². The van der Waals surface area contributed by atoms with Gasteiger partial charge in [0.15, 0.2) is 0 Å². The van der Waals surface area contributed by atoms with E-state index in [0.717, 1.165) is 42.2 Å². The van der Waals surface area contributed by atoms with E-state index in [1.54, 1.807) is 16.4 Å². The van der Waals surface area contributed by atoms with Crippen molar-refractivity contribution in [3.05, 3.63) is 36.4 Å². The SMILES string of the molecule is CCCOc1ccc2cc(S(=O)(=O)N3CCCCC3)ccc2c1. The molecule has 0 saturated carbocycles. The molecule has 5 heteroatoms. The van der Waals surface area contributed by atoms with Crippen LogP contribution in [-0.2, 0) is 10.0 Å². The van der Waals surface area contributed by atoms with Crippen LogP contribution in [0.5, 0.6) is 5.75 Å². The summed E-state index contributed by atoms with van der Waals surface area (Å²) < 4.78 is 32.7. The minimum absolute atomic E-state index is 0.383. The van der Waals surface area contributed by atoms with Crippen LogP contribution >= 0.6 is 0 Å². The summed E-state index contributed by atoms with van der Waals surface area (Å²) >= 11 is 0. The highest BCUT2D eigenvalue weighted by atomic mass is 32.2. The molecule has 23 heavy (non-hydrogen) atoms. The number of piperidine rings is 1. The van der Waals surface area contributed by atoms with E-state index in [-0.39, 0.29) is 0 Å². The standard InChI is InChI=1S/C18H23NO3S/c1-2-12-22-17-8-6-16-14-18(9-7-15(16)13-17)23(20,21)19-10-4-3-5-11-19/h6-9,13-14H,2-5,10-12H2,1H3. The average Bonchev–Trinajstić information content (AvgIpc) is 2.60. The predicted molar refractivity (Wildman–Crippen MR) is 92.3 cm³/mol. The van der Waals surface area contributed by atoms with E-state index >= 15 is 0 Å². The van der Waals surface area contributed by atoms with Gasteiger partial charge in [0.25, 0.3) is 0 Å². The molecule has 1 aliphatic rings. The molecule has 2 aromatic rings. The van der Waals surface area contributed by atoms with Gasteiger partial charge in [0.1, 0.15) is 5.75 Å². The van der Waals surface area contributed by atoms with Gasteiger partial charge in [0, 0.05) is 13.1 Å². The second kappa shape index (κ2) is 6.89. The summed E-state index contributed by atoms with van der Waals surface area (Å²) in [7, 11) is -3.38. The van der Waals surface area contributed by atoms with Crippen LogP contribution in [0.15, 0.2) is 41.3 Å². The van der Waals surface area contributed by atoms with E-state index in [9.17, 15) is 8.42 Å². The smallest absolute Gasteiger partial charge is 0.243 e. The summed E-state index contributed by atoms with van der Waals surface area (Å²) in [5.41, 5.74) is 0. The van der Waals surface area contributed by atoms with Crippen LogP contribution in [0.4, 0.5) is 0 Å². The summed E-state index contributed by atoms with van der Waals surface area (Å²) in [5, 5.41) is 1.92. The molecule has 0 N–H and O–H groups in total. The molecule has 0 bridgehead atoms. The van der Waals surface area contributed by atoms with Crippen molar-refractivity contribution in [3.8, 4) is 5.75 Å². The van der Waals surface area contributed by atoms with Gasteiger partial charge in [-0.05, 0) is 54.3 Å². The molecular formula is C18H23NO3S. The Morgan fingerprint density at radius 3 is 2.43 bits per heavy atom. The lowest BCUT2D eigenvalue weighted by atomic mass is 10.1. The minimum atomic E-state index is -3.38. The topological polar surface area (TPSA) is 46.6 Å². The van der Waals surface area contributed by atoms with Gasteiger partial charge in [-0.1, -0.05) is 25.5 Å². The van der Waals surface area contributed by atoms with Gasteiger partial charge in [-0.2, -0.15) is 4.31 Å². The Morgan fingerprint density at radius 2 is 1.70 bits per heavy atom. The summed E-state index contributed by atoms with van der Waals surface area (Å²) in [6, 6.07) is 11.1. The molecule has 124 valence electrons. The van der Waals surface area contributed by atoms with Crippen LogP contribution < -0.4 is 4.74 Å². The Balaban J connectivity index is 1.90. The highest BCUT2D eigenvalue weighted by Crippen LogP contribution is 2.26. The van der Waals surface area contributed by atoms with E-state index in [4.69, 9.17) is 4.74 Å². The van der Waals surface area contributed by atoms with E-state index in [0.29, 0.717) is 24.6 Å². The first-order chi connectivity index (χ1) is 11.1. The monoisotopic (exact) mass is 333 g/mol. The number of fused-ring (bicyclic) bond motifs is 1. The first-order valence-electron chi connectivity index (χ1n) is 8.28. The van der Waals surface area contributed by atoms with Crippen LogP contribution in [0.3, 0.4) is 0 Å². The van der Waals surface area contributed by atoms with Crippen LogP contribution in [0.25, 0.3) is 10.8 Å². The Labute approximate surface area is 138 Å². The van der Waals surface area contributed by atoms with Gasteiger partial charge in [0.05, 0.1) is 11.5 Å². The van der Waals surface area contributed by atoms with Crippen LogP contribution in [0, 0.1) is 0 Å². The van der Waals surface area contributed by atoms with E-state index in [1.165, 1.54) is 0 Å². The lowest BCUT2D eigenvalue weighted by Gasteiger charge is -2.26. The first kappa shape index (κ1) is 16.3. The maximum atomic E-state index is 12.7. The number of sulfonamides is 1. The number of benzene rings is 2. The predicted octanol–water partition coefficient (Wildman–Crippen LogP) is 3.80. The fourth-order valence-electron chi connectivity index (χ4n) is 2.93. The summed E-state index contributed by atoms with van der Waals surface area (Å²) in [6.45, 7) is 4.01. The number of ether oxygens (including phenoxy) is 1. The fraction of sp³-hybridized carbons (Fsp3) is 0.444. The van der Waals surface area contributed by atoms with Crippen molar-refractivity contribution in [3.63, 3.8) is 0 Å². The van der Waals surface area contributed by atoms with E-state index in [2.05, 4.69) is 6.92 Å². The van der Waals surface area contributed by atoms with Gasteiger partial charge >= 0.3 is 0 Å². The summed E-state index contributed by atoms with van der Waals surface area (Å²) in [4.78, 5) is 0.383. The van der Waals surface area contributed by atoms with Crippen molar-refractivity contribution in [1.82, 2.24) is 4.31 Å². The molecule has 0 radical (unpaired) electrons. The van der Waals surface area contributed by atoms with Gasteiger partial charge in [0.2, 0.25) is 10.0 Å². The molecule has 0 aliphatic carbocycles. The molecule has 2 aromatic carbocycles. The molecular weight excluding hydrogens is 310 g/mol. The Kier molecular flexibility index (Phi) is 4.87. The largest absolute Gasteiger partial charge is 0.494 e. The van der Waals surface area contributed by atoms with Crippen molar-refractivity contribution >= 4 is 20.8 Å². The van der Waals surface area contributed by atoms with Crippen molar-refractivity contribution in [2.75, 3.05) is 19.7 Å². The molecule has 1 heterocycles. The third kappa shape index (κ3) is 3.51. The highest BCUT2D eigenvalue weighted by Gasteiger charge is 2.25. The van der Waals surface area contributed by atoms with Gasteiger partial charge in [-0.3, -0.25) is 0 Å². The first-order valence-corrected chi connectivity index (χ1v) is 9.72. The molecule has 3 rings (SSSR count). The third-order valence-electron chi connectivity index (χ3n) is 4.21. The van der Waals surface area contributed by atoms with Crippen molar-refractivity contribution in [1.29, 1.82) is 0 Å². The Morgan fingerprint density at radius 1 is 1.00 bits per heavy atom. The second-order valence-corrected chi connectivity index (χ2v) is 7.92. The molecule has 0 spiro atoms. The minimum Gasteiger partial charge on any atom is -0.494 e. The third-order valence-corrected chi connectivity index (χ3v) is 6.10. The zero-order chi connectivity index (χ0) is 16.3. The number of hydrogen-bond acceptors (Lipinski definition) is 3. The van der Waals surface area contributed by atoms with Crippen LogP contribution in [0.1, 0.15) is 32.6 Å². The second-order valence-electron chi connectivity index (χ2n) is 5.98. The Hall–Kier alpha value is -1.59. The molecule has 0 unspecified atom stereocenters. The maximum absolute atomic E-state index is 12.7. The van der Waals surface area contributed by atoms with Gasteiger partial charge in [-0.15, -0.1) is 0 Å². The zero-order valence-corrected chi connectivity index (χ0v) is 14.3. The van der Waals surface area contributed by atoms with Crippen molar-refractivity contribution in [2.24, 2.45) is 0 Å². The molecule has 4 nitrogen and oxygen atoms in total. The molecule has 0 atom stereocenters. The number of rotatable bonds is 5. The molecule has 0 aromatic heterocycles. The molecule has 1 aliphatic heterocycles. The average molecular weight is 333 g/mol. The fourth-order valence-corrected chi connectivity index (χ4v) is 4.48. The summed E-state index contributed by atoms with van der Waals surface area (Å²) in [5.74, 6) is 0.825. The van der Waals surface area contributed by atoms with Gasteiger partial charge in [-0.25, -0.2) is 8.42 Å². The Bertz CT molecular complexity index is 780. The lowest BCUT2D eigenvalue weighted by Crippen LogP contribution is -2.35. The van der Waals surface area contributed by atoms with Crippen LogP contribution in [-0.4, -0.2) is 32.4 Å². The molecule has 1 saturated heterocycles. The van der Waals surface area contributed by atoms with Crippen molar-refractivity contribution in [2.45, 2.75) is 37.5 Å². The highest BCUT2D eigenvalue weighted by molar-refractivity contribution is 7.89. The maximum Gasteiger partial charge on any atom is 0.243 e. The van der Waals surface area contributed by atoms with Crippen molar-refractivity contribution < 1.29 is 13.2 Å². The number of nitrogens with zero attached hydrogens (tertiary/aromatic N) is 1. The van der Waals surface area contributed by atoms with E-state index < -0.39 is 10.0 Å².